The summed E-state index contributed by atoms with van der Waals surface area (Å²) in [5, 5.41) is 9.64. The van der Waals surface area contributed by atoms with E-state index >= 15 is 0 Å². The predicted molar refractivity (Wildman–Crippen MR) is 67.3 cm³/mol. The molecule has 1 N–H and O–H groups in total. The van der Waals surface area contributed by atoms with E-state index in [1.807, 2.05) is 17.8 Å². The molecular formula is C13H20OS. The SMILES string of the molecule is CCCC[C@@H](O)CCSc1ccccc1. The van der Waals surface area contributed by atoms with Gasteiger partial charge in [-0.25, -0.2) is 0 Å². The molecule has 1 aromatic rings. The first kappa shape index (κ1) is 12.6. The molecule has 0 amide bonds. The third-order valence-corrected chi connectivity index (χ3v) is 3.40. The fourth-order valence-electron chi connectivity index (χ4n) is 1.41. The van der Waals surface area contributed by atoms with Crippen molar-refractivity contribution in [1.82, 2.24) is 0 Å². The van der Waals surface area contributed by atoms with E-state index in [4.69, 9.17) is 0 Å². The summed E-state index contributed by atoms with van der Waals surface area (Å²) in [6, 6.07) is 10.4. The van der Waals surface area contributed by atoms with Crippen molar-refractivity contribution in [3.8, 4) is 0 Å². The molecule has 0 unspecified atom stereocenters. The number of hydrogen-bond acceptors (Lipinski definition) is 2. The molecule has 0 spiro atoms. The van der Waals surface area contributed by atoms with Gasteiger partial charge < -0.3 is 5.11 Å². The van der Waals surface area contributed by atoms with Gasteiger partial charge in [-0.2, -0.15) is 0 Å². The van der Waals surface area contributed by atoms with Crippen LogP contribution in [0.15, 0.2) is 35.2 Å². The number of hydrogen-bond donors (Lipinski definition) is 1. The first-order valence-electron chi connectivity index (χ1n) is 5.69. The second-order valence-corrected chi connectivity index (χ2v) is 4.91. The smallest absolute Gasteiger partial charge is 0.0548 e. The zero-order valence-corrected chi connectivity index (χ0v) is 10.2. The normalized spacial score (nSPS) is 12.7. The van der Waals surface area contributed by atoms with Crippen molar-refractivity contribution in [2.24, 2.45) is 0 Å². The minimum Gasteiger partial charge on any atom is -0.393 e. The highest BCUT2D eigenvalue weighted by Gasteiger charge is 2.03. The summed E-state index contributed by atoms with van der Waals surface area (Å²) in [4.78, 5) is 1.29. The number of rotatable bonds is 7. The Labute approximate surface area is 96.9 Å². The van der Waals surface area contributed by atoms with Gasteiger partial charge in [-0.3, -0.25) is 0 Å². The first-order chi connectivity index (χ1) is 7.33. The van der Waals surface area contributed by atoms with Gasteiger partial charge in [-0.15, -0.1) is 11.8 Å². The van der Waals surface area contributed by atoms with Gasteiger partial charge in [0.1, 0.15) is 0 Å². The third-order valence-electron chi connectivity index (χ3n) is 2.35. The maximum absolute atomic E-state index is 9.64. The molecule has 1 rings (SSSR count). The number of unbranched alkanes of at least 4 members (excludes halogenated alkanes) is 1. The van der Waals surface area contributed by atoms with E-state index in [0.717, 1.165) is 25.0 Å². The van der Waals surface area contributed by atoms with Crippen LogP contribution in [0.1, 0.15) is 32.6 Å². The van der Waals surface area contributed by atoms with Crippen LogP contribution in [0.3, 0.4) is 0 Å². The lowest BCUT2D eigenvalue weighted by atomic mass is 10.1. The van der Waals surface area contributed by atoms with Gasteiger partial charge in [0.05, 0.1) is 6.10 Å². The molecule has 0 aliphatic carbocycles. The molecule has 0 fully saturated rings. The highest BCUT2D eigenvalue weighted by molar-refractivity contribution is 7.99. The van der Waals surface area contributed by atoms with Crippen molar-refractivity contribution in [2.45, 2.75) is 43.6 Å². The first-order valence-corrected chi connectivity index (χ1v) is 6.67. The Kier molecular flexibility index (Phi) is 6.53. The van der Waals surface area contributed by atoms with Crippen LogP contribution >= 0.6 is 11.8 Å². The van der Waals surface area contributed by atoms with Crippen LogP contribution in [-0.4, -0.2) is 17.0 Å². The molecule has 0 aliphatic rings. The number of thioether (sulfide) groups is 1. The zero-order chi connectivity index (χ0) is 10.9. The fourth-order valence-corrected chi connectivity index (χ4v) is 2.39. The third kappa shape index (κ3) is 5.85. The molecule has 84 valence electrons. The average Bonchev–Trinajstić information content (AvgIpc) is 2.28. The molecule has 2 heteroatoms. The highest BCUT2D eigenvalue weighted by Crippen LogP contribution is 2.19. The lowest BCUT2D eigenvalue weighted by molar-refractivity contribution is 0.158. The minimum atomic E-state index is -0.110. The molecule has 15 heavy (non-hydrogen) atoms. The van der Waals surface area contributed by atoms with Crippen LogP contribution in [0.4, 0.5) is 0 Å². The molecule has 0 saturated heterocycles. The number of benzene rings is 1. The molecular weight excluding hydrogens is 204 g/mol. The van der Waals surface area contributed by atoms with Crippen molar-refractivity contribution in [3.63, 3.8) is 0 Å². The number of aliphatic hydroxyl groups is 1. The van der Waals surface area contributed by atoms with Gasteiger partial charge in [0, 0.05) is 10.6 Å². The van der Waals surface area contributed by atoms with Crippen molar-refractivity contribution in [2.75, 3.05) is 5.75 Å². The summed E-state index contributed by atoms with van der Waals surface area (Å²) in [6.45, 7) is 2.16. The predicted octanol–water partition coefficient (Wildman–Crippen LogP) is 3.72. The zero-order valence-electron chi connectivity index (χ0n) is 9.36. The van der Waals surface area contributed by atoms with Crippen LogP contribution in [0.25, 0.3) is 0 Å². The molecule has 0 aromatic heterocycles. The van der Waals surface area contributed by atoms with Gasteiger partial charge >= 0.3 is 0 Å². The quantitative estimate of drug-likeness (QED) is 0.712. The summed E-state index contributed by atoms with van der Waals surface area (Å²) in [7, 11) is 0. The van der Waals surface area contributed by atoms with Gasteiger partial charge in [0.15, 0.2) is 0 Å². The van der Waals surface area contributed by atoms with Crippen LogP contribution in [0.5, 0.6) is 0 Å². The Morgan fingerprint density at radius 2 is 1.93 bits per heavy atom. The van der Waals surface area contributed by atoms with Gasteiger partial charge in [0.2, 0.25) is 0 Å². The van der Waals surface area contributed by atoms with Crippen LogP contribution in [0, 0.1) is 0 Å². The van der Waals surface area contributed by atoms with E-state index in [-0.39, 0.29) is 6.10 Å². The summed E-state index contributed by atoms with van der Waals surface area (Å²) < 4.78 is 0. The van der Waals surface area contributed by atoms with Gasteiger partial charge in [-0.1, -0.05) is 38.0 Å². The largest absolute Gasteiger partial charge is 0.393 e. The Balaban J connectivity index is 2.11. The van der Waals surface area contributed by atoms with E-state index in [2.05, 4.69) is 31.2 Å². The average molecular weight is 224 g/mol. The maximum Gasteiger partial charge on any atom is 0.0548 e. The summed E-state index contributed by atoms with van der Waals surface area (Å²) in [5.41, 5.74) is 0. The van der Waals surface area contributed by atoms with E-state index in [1.165, 1.54) is 11.3 Å². The van der Waals surface area contributed by atoms with E-state index in [9.17, 15) is 5.11 Å². The minimum absolute atomic E-state index is 0.110. The molecule has 0 bridgehead atoms. The molecule has 1 aromatic carbocycles. The summed E-state index contributed by atoms with van der Waals surface area (Å²) >= 11 is 1.82. The molecule has 0 saturated carbocycles. The van der Waals surface area contributed by atoms with Crippen LogP contribution in [-0.2, 0) is 0 Å². The second kappa shape index (κ2) is 7.77. The van der Waals surface area contributed by atoms with Crippen molar-refractivity contribution in [3.05, 3.63) is 30.3 Å². The topological polar surface area (TPSA) is 20.2 Å². The van der Waals surface area contributed by atoms with Crippen LogP contribution < -0.4 is 0 Å². The monoisotopic (exact) mass is 224 g/mol. The van der Waals surface area contributed by atoms with E-state index in [1.54, 1.807) is 0 Å². The van der Waals surface area contributed by atoms with Crippen molar-refractivity contribution in [1.29, 1.82) is 0 Å². The maximum atomic E-state index is 9.64. The van der Waals surface area contributed by atoms with Gasteiger partial charge in [-0.05, 0) is 25.0 Å². The van der Waals surface area contributed by atoms with E-state index < -0.39 is 0 Å². The van der Waals surface area contributed by atoms with Crippen molar-refractivity contribution >= 4 is 11.8 Å². The van der Waals surface area contributed by atoms with Crippen molar-refractivity contribution < 1.29 is 5.11 Å². The lowest BCUT2D eigenvalue weighted by Crippen LogP contribution is -2.07. The summed E-state index contributed by atoms with van der Waals surface area (Å²) in [6.07, 6.45) is 4.05. The standard InChI is InChI=1S/C13H20OS/c1-2-3-7-12(14)10-11-15-13-8-5-4-6-9-13/h4-6,8-9,12,14H,2-3,7,10-11H2,1H3/t12-/m1/s1. The Morgan fingerprint density at radius 3 is 2.60 bits per heavy atom. The van der Waals surface area contributed by atoms with Crippen LogP contribution in [0.2, 0.25) is 0 Å². The second-order valence-electron chi connectivity index (χ2n) is 3.75. The Morgan fingerprint density at radius 1 is 1.20 bits per heavy atom. The highest BCUT2D eigenvalue weighted by atomic mass is 32.2. The number of aliphatic hydroxyl groups excluding tert-OH is 1. The molecule has 1 atom stereocenters. The molecule has 0 aliphatic heterocycles. The molecule has 0 radical (unpaired) electrons. The summed E-state index contributed by atoms with van der Waals surface area (Å²) in [5.74, 6) is 1.01. The fraction of sp³-hybridized carbons (Fsp3) is 0.538. The van der Waals surface area contributed by atoms with E-state index in [0.29, 0.717) is 0 Å². The molecule has 1 nitrogen and oxygen atoms in total. The van der Waals surface area contributed by atoms with Gasteiger partial charge in [0.25, 0.3) is 0 Å². The Bertz CT molecular complexity index is 248. The lowest BCUT2D eigenvalue weighted by Gasteiger charge is -2.09. The Hall–Kier alpha value is -0.470. The molecule has 0 heterocycles.